The van der Waals surface area contributed by atoms with Crippen molar-refractivity contribution in [2.24, 2.45) is 0 Å². The number of amides is 1. The standard InChI is InChI=1S/C25H34N4O3S/c1-25(2,3)21-15-22(29-9-12-31-13-10-29)28-24(27-21)33-17-18-6-4-7-19(14-18)23(30)26-16-20-8-5-11-32-20/h4,6-7,14-15,20H,5,8-13,16-17H2,1-3H3,(H,26,30)/t20-/m0/s1. The Balaban J connectivity index is 1.43. The normalized spacial score (nSPS) is 19.0. The van der Waals surface area contributed by atoms with E-state index in [1.807, 2.05) is 24.3 Å². The van der Waals surface area contributed by atoms with E-state index in [0.717, 1.165) is 68.0 Å². The minimum atomic E-state index is -0.0691. The molecule has 8 heteroatoms. The number of thioether (sulfide) groups is 1. The smallest absolute Gasteiger partial charge is 0.251 e. The Kier molecular flexibility index (Phi) is 7.88. The average Bonchev–Trinajstić information content (AvgIpc) is 3.35. The molecule has 178 valence electrons. The molecule has 1 aromatic carbocycles. The molecule has 0 unspecified atom stereocenters. The van der Waals surface area contributed by atoms with Crippen LogP contribution in [0.2, 0.25) is 0 Å². The Morgan fingerprint density at radius 2 is 2.00 bits per heavy atom. The summed E-state index contributed by atoms with van der Waals surface area (Å²) in [7, 11) is 0. The first-order chi connectivity index (χ1) is 15.9. The number of hydrogen-bond acceptors (Lipinski definition) is 7. The van der Waals surface area contributed by atoms with Crippen molar-refractivity contribution in [3.05, 3.63) is 47.2 Å². The van der Waals surface area contributed by atoms with E-state index in [1.165, 1.54) is 0 Å². The minimum absolute atomic E-state index is 0.0575. The molecule has 0 aliphatic carbocycles. The highest BCUT2D eigenvalue weighted by molar-refractivity contribution is 7.98. The quantitative estimate of drug-likeness (QED) is 0.487. The highest BCUT2D eigenvalue weighted by atomic mass is 32.2. The zero-order chi connectivity index (χ0) is 23.3. The van der Waals surface area contributed by atoms with E-state index in [9.17, 15) is 4.79 Å². The summed E-state index contributed by atoms with van der Waals surface area (Å²) in [6.07, 6.45) is 2.22. The Bertz CT molecular complexity index is 951. The van der Waals surface area contributed by atoms with Gasteiger partial charge in [0, 0.05) is 49.0 Å². The monoisotopic (exact) mass is 470 g/mol. The molecule has 3 heterocycles. The Hall–Kier alpha value is -2.16. The fourth-order valence-electron chi connectivity index (χ4n) is 3.88. The molecule has 0 bridgehead atoms. The van der Waals surface area contributed by atoms with Crippen LogP contribution in [0.1, 0.15) is 55.2 Å². The summed E-state index contributed by atoms with van der Waals surface area (Å²) >= 11 is 1.60. The molecule has 1 N–H and O–H groups in total. The average molecular weight is 471 g/mol. The Morgan fingerprint density at radius 1 is 1.18 bits per heavy atom. The largest absolute Gasteiger partial charge is 0.378 e. The van der Waals surface area contributed by atoms with Gasteiger partial charge in [-0.3, -0.25) is 4.79 Å². The number of nitrogens with one attached hydrogen (secondary N) is 1. The molecule has 33 heavy (non-hydrogen) atoms. The maximum absolute atomic E-state index is 12.6. The maximum Gasteiger partial charge on any atom is 0.251 e. The van der Waals surface area contributed by atoms with Gasteiger partial charge in [0.15, 0.2) is 5.16 Å². The van der Waals surface area contributed by atoms with Gasteiger partial charge in [-0.2, -0.15) is 0 Å². The van der Waals surface area contributed by atoms with E-state index in [0.29, 0.717) is 17.9 Å². The van der Waals surface area contributed by atoms with Crippen molar-refractivity contribution in [3.8, 4) is 0 Å². The van der Waals surface area contributed by atoms with E-state index >= 15 is 0 Å². The lowest BCUT2D eigenvalue weighted by atomic mass is 9.92. The third-order valence-corrected chi connectivity index (χ3v) is 6.79. The lowest BCUT2D eigenvalue weighted by Gasteiger charge is -2.29. The van der Waals surface area contributed by atoms with E-state index in [4.69, 9.17) is 19.4 Å². The molecule has 2 aromatic rings. The number of hydrogen-bond donors (Lipinski definition) is 1. The fourth-order valence-corrected chi connectivity index (χ4v) is 4.68. The van der Waals surface area contributed by atoms with Gasteiger partial charge < -0.3 is 19.7 Å². The van der Waals surface area contributed by atoms with Crippen LogP contribution in [0.5, 0.6) is 0 Å². The van der Waals surface area contributed by atoms with E-state index in [1.54, 1.807) is 11.8 Å². The lowest BCUT2D eigenvalue weighted by Crippen LogP contribution is -2.37. The summed E-state index contributed by atoms with van der Waals surface area (Å²) in [4.78, 5) is 24.5. The molecule has 1 aromatic heterocycles. The van der Waals surface area contributed by atoms with Crippen molar-refractivity contribution in [1.82, 2.24) is 15.3 Å². The minimum Gasteiger partial charge on any atom is -0.378 e. The zero-order valence-corrected chi connectivity index (χ0v) is 20.6. The van der Waals surface area contributed by atoms with Gasteiger partial charge >= 0.3 is 0 Å². The van der Waals surface area contributed by atoms with Gasteiger partial charge in [0.25, 0.3) is 5.91 Å². The number of anilines is 1. The summed E-state index contributed by atoms with van der Waals surface area (Å²) in [5, 5.41) is 3.76. The molecule has 1 amide bonds. The van der Waals surface area contributed by atoms with Crippen LogP contribution >= 0.6 is 11.8 Å². The van der Waals surface area contributed by atoms with Crippen molar-refractivity contribution in [2.75, 3.05) is 44.4 Å². The van der Waals surface area contributed by atoms with Gasteiger partial charge in [-0.1, -0.05) is 44.7 Å². The van der Waals surface area contributed by atoms with Crippen LogP contribution < -0.4 is 10.2 Å². The van der Waals surface area contributed by atoms with Gasteiger partial charge in [0.05, 0.1) is 25.0 Å². The van der Waals surface area contributed by atoms with Crippen molar-refractivity contribution < 1.29 is 14.3 Å². The summed E-state index contributed by atoms with van der Waals surface area (Å²) in [5.41, 5.74) is 2.70. The number of ether oxygens (including phenoxy) is 2. The number of nitrogens with zero attached hydrogens (tertiary/aromatic N) is 3. The summed E-state index contributed by atoms with van der Waals surface area (Å²) in [5.74, 6) is 1.60. The second kappa shape index (κ2) is 10.8. The van der Waals surface area contributed by atoms with Crippen molar-refractivity contribution >= 4 is 23.5 Å². The Labute approximate surface area is 200 Å². The molecule has 1 atom stereocenters. The summed E-state index contributed by atoms with van der Waals surface area (Å²) < 4.78 is 11.1. The number of morpholine rings is 1. The topological polar surface area (TPSA) is 76.6 Å². The molecule has 7 nitrogen and oxygen atoms in total. The molecule has 2 aliphatic heterocycles. The first-order valence-electron chi connectivity index (χ1n) is 11.7. The van der Waals surface area contributed by atoms with Crippen molar-refractivity contribution in [2.45, 2.75) is 56.0 Å². The highest BCUT2D eigenvalue weighted by Gasteiger charge is 2.22. The number of carbonyl (C=O) groups excluding carboxylic acids is 1. The van der Waals surface area contributed by atoms with Crippen molar-refractivity contribution in [3.63, 3.8) is 0 Å². The van der Waals surface area contributed by atoms with Crippen LogP contribution in [0.3, 0.4) is 0 Å². The van der Waals surface area contributed by atoms with E-state index in [-0.39, 0.29) is 17.4 Å². The third kappa shape index (κ3) is 6.68. The first-order valence-corrected chi connectivity index (χ1v) is 12.7. The first kappa shape index (κ1) is 24.0. The molecule has 0 radical (unpaired) electrons. The second-order valence-electron chi connectivity index (χ2n) is 9.58. The second-order valence-corrected chi connectivity index (χ2v) is 10.5. The molecule has 0 spiro atoms. The molecule has 4 rings (SSSR count). The molecule has 2 fully saturated rings. The van der Waals surface area contributed by atoms with Gasteiger partial charge in [0.1, 0.15) is 5.82 Å². The van der Waals surface area contributed by atoms with Crippen LogP contribution in [0, 0.1) is 0 Å². The van der Waals surface area contributed by atoms with Gasteiger partial charge in [0.2, 0.25) is 0 Å². The van der Waals surface area contributed by atoms with Crippen LogP contribution in [-0.2, 0) is 20.6 Å². The van der Waals surface area contributed by atoms with E-state index < -0.39 is 0 Å². The predicted octanol–water partition coefficient (Wildman–Crippen LogP) is 3.81. The summed E-state index contributed by atoms with van der Waals surface area (Å²) in [6, 6.07) is 9.89. The third-order valence-electron chi connectivity index (χ3n) is 5.87. The number of aromatic nitrogens is 2. The van der Waals surface area contributed by atoms with Gasteiger partial charge in [-0.25, -0.2) is 9.97 Å². The molecule has 2 saturated heterocycles. The molecule has 0 saturated carbocycles. The fraction of sp³-hybridized carbons (Fsp3) is 0.560. The van der Waals surface area contributed by atoms with Crippen LogP contribution in [0.15, 0.2) is 35.5 Å². The number of benzene rings is 1. The SMILES string of the molecule is CC(C)(C)c1cc(N2CCOCC2)nc(SCc2cccc(C(=O)NC[C@@H]3CCCO3)c2)n1. The van der Waals surface area contributed by atoms with Crippen LogP contribution in [-0.4, -0.2) is 61.4 Å². The molecule has 2 aliphatic rings. The summed E-state index contributed by atoms with van der Waals surface area (Å²) in [6.45, 7) is 11.0. The van der Waals surface area contributed by atoms with E-state index in [2.05, 4.69) is 37.1 Å². The Morgan fingerprint density at radius 3 is 2.73 bits per heavy atom. The van der Waals surface area contributed by atoms with Crippen LogP contribution in [0.4, 0.5) is 5.82 Å². The van der Waals surface area contributed by atoms with Gasteiger partial charge in [-0.15, -0.1) is 0 Å². The zero-order valence-electron chi connectivity index (χ0n) is 19.8. The van der Waals surface area contributed by atoms with Crippen molar-refractivity contribution in [1.29, 1.82) is 0 Å². The highest BCUT2D eigenvalue weighted by Crippen LogP contribution is 2.29. The molecular weight excluding hydrogens is 436 g/mol. The van der Waals surface area contributed by atoms with Crippen LogP contribution in [0.25, 0.3) is 0 Å². The predicted molar refractivity (Wildman–Crippen MR) is 131 cm³/mol. The maximum atomic E-state index is 12.6. The number of rotatable bonds is 7. The molecular formula is C25H34N4O3S. The number of carbonyl (C=O) groups is 1. The lowest BCUT2D eigenvalue weighted by molar-refractivity contribution is 0.0857. The van der Waals surface area contributed by atoms with Gasteiger partial charge in [-0.05, 0) is 30.5 Å².